The Morgan fingerprint density at radius 3 is 1.80 bits per heavy atom. The molecule has 0 unspecified atom stereocenters. The summed E-state index contributed by atoms with van der Waals surface area (Å²) in [5, 5.41) is 120. The van der Waals surface area contributed by atoms with Crippen LogP contribution in [0.3, 0.4) is 0 Å². The summed E-state index contributed by atoms with van der Waals surface area (Å²) in [5.74, 6) is -1.00. The number of Topliss-reactive ketones (excluding diaryl/α,β-unsaturated/α-hetero) is 1. The van der Waals surface area contributed by atoms with Crippen LogP contribution < -0.4 is 0 Å². The van der Waals surface area contributed by atoms with E-state index in [4.69, 9.17) is 44.8 Å². The zero-order valence-electron chi connectivity index (χ0n) is 18.3. The van der Waals surface area contributed by atoms with Gasteiger partial charge in [-0.2, -0.15) is 0 Å². The third-order valence-corrected chi connectivity index (χ3v) is 5.37. The van der Waals surface area contributed by atoms with Crippen molar-refractivity contribution in [3.05, 3.63) is 0 Å². The number of aliphatic hydroxyl groups is 13. The van der Waals surface area contributed by atoms with Crippen LogP contribution >= 0.6 is 0 Å². The minimum absolute atomic E-state index is 0.667. The third kappa shape index (κ3) is 8.01. The predicted molar refractivity (Wildman–Crippen MR) is 106 cm³/mol. The molecule has 17 nitrogen and oxygen atoms in total. The lowest BCUT2D eigenvalue weighted by Gasteiger charge is -2.45. The molecule has 2 rings (SSSR count). The van der Waals surface area contributed by atoms with E-state index in [1.54, 1.807) is 0 Å². The van der Waals surface area contributed by atoms with Crippen molar-refractivity contribution >= 4 is 5.78 Å². The first-order chi connectivity index (χ1) is 16.4. The number of ether oxygens (including phenoxy) is 3. The number of aliphatic hydroxyl groups excluding tert-OH is 13. The van der Waals surface area contributed by atoms with Crippen LogP contribution in [-0.4, -0.2) is 178 Å². The largest absolute Gasteiger partial charge is 0.394 e. The van der Waals surface area contributed by atoms with Crippen molar-refractivity contribution in [3.8, 4) is 0 Å². The van der Waals surface area contributed by atoms with E-state index in [1.165, 1.54) is 0 Å². The molecular weight excluding hydrogens is 488 g/mol. The summed E-state index contributed by atoms with van der Waals surface area (Å²) in [6.07, 6.45) is -20.8. The first-order valence-electron chi connectivity index (χ1n) is 10.4. The van der Waals surface area contributed by atoms with Gasteiger partial charge in [0.2, 0.25) is 0 Å². The van der Waals surface area contributed by atoms with Gasteiger partial charge in [-0.25, -0.2) is 0 Å². The van der Waals surface area contributed by atoms with E-state index in [2.05, 4.69) is 0 Å². The minimum atomic E-state index is -1.86. The molecule has 2 fully saturated rings. The van der Waals surface area contributed by atoms with Crippen LogP contribution in [-0.2, 0) is 19.0 Å². The van der Waals surface area contributed by atoms with Crippen molar-refractivity contribution in [1.82, 2.24) is 0 Å². The predicted octanol–water partition coefficient (Wildman–Crippen LogP) is -8.77. The quantitative estimate of drug-likeness (QED) is 0.134. The van der Waals surface area contributed by atoms with E-state index in [9.17, 15) is 40.5 Å². The standard InChI is InChI=1S/C12H22O11.C6H12O6/c13-1-3-5(15)6(16)9(19)12(22-3)23-10-4(2-14)21-11(20)8(18)7(10)17;7-1-3(9)5(11)6(12)4(10)2-8/h3-20H,1-2H2;3,5-9,11-12H,1-2H2/t3-,4-,5-,6+,7-,8-,9-,10-,11-,12-;3-,5+,6+/m11/s1. The molecule has 13 N–H and O–H groups in total. The fourth-order valence-electron chi connectivity index (χ4n) is 3.17. The summed E-state index contributed by atoms with van der Waals surface area (Å²) in [7, 11) is 0. The molecule has 2 aliphatic heterocycles. The van der Waals surface area contributed by atoms with Gasteiger partial charge >= 0.3 is 0 Å². The molecular formula is C18H34O17. The second-order valence-electron chi connectivity index (χ2n) is 7.84. The zero-order chi connectivity index (χ0) is 27.0. The second-order valence-corrected chi connectivity index (χ2v) is 7.84. The fourth-order valence-corrected chi connectivity index (χ4v) is 3.17. The molecule has 0 bridgehead atoms. The van der Waals surface area contributed by atoms with Crippen LogP contribution in [0.1, 0.15) is 0 Å². The molecule has 0 amide bonds. The maximum atomic E-state index is 10.5. The molecule has 17 heteroatoms. The van der Waals surface area contributed by atoms with E-state index in [1.807, 2.05) is 0 Å². The molecule has 0 saturated carbocycles. The van der Waals surface area contributed by atoms with Crippen molar-refractivity contribution in [2.24, 2.45) is 0 Å². The van der Waals surface area contributed by atoms with Crippen molar-refractivity contribution in [2.75, 3.05) is 26.4 Å². The molecule has 0 spiro atoms. The molecule has 0 aliphatic carbocycles. The van der Waals surface area contributed by atoms with E-state index in [0.29, 0.717) is 0 Å². The average molecular weight is 522 g/mol. The van der Waals surface area contributed by atoms with Gasteiger partial charge in [0.05, 0.1) is 19.8 Å². The zero-order valence-corrected chi connectivity index (χ0v) is 18.3. The molecule has 13 atom stereocenters. The summed E-state index contributed by atoms with van der Waals surface area (Å²) >= 11 is 0. The lowest BCUT2D eigenvalue weighted by Crippen LogP contribution is -2.64. The SMILES string of the molecule is O=C(CO)[C@H](O)[C@@H](O)[C@H](O)CO.OC[C@H]1O[C@H](O[C@H]2[C@H](O)[C@@H](O)[C@H](O)O[C@@H]2CO)[C@H](O)[C@@H](O)[C@@H]1O. The minimum Gasteiger partial charge on any atom is -0.394 e. The highest BCUT2D eigenvalue weighted by Gasteiger charge is 2.50. The number of ketones is 1. The van der Waals surface area contributed by atoms with Gasteiger partial charge in [0.1, 0.15) is 73.8 Å². The normalized spacial score (nSPS) is 40.3. The summed E-state index contributed by atoms with van der Waals surface area (Å²) < 4.78 is 15.3. The van der Waals surface area contributed by atoms with E-state index >= 15 is 0 Å². The summed E-state index contributed by atoms with van der Waals surface area (Å²) in [6.45, 7) is -3.03. The molecule has 0 aromatic rings. The lowest BCUT2D eigenvalue weighted by molar-refractivity contribution is -0.355. The average Bonchev–Trinajstić information content (AvgIpc) is 2.87. The fraction of sp³-hybridized carbons (Fsp3) is 0.944. The van der Waals surface area contributed by atoms with Crippen LogP contribution in [0, 0.1) is 0 Å². The molecule has 2 aliphatic rings. The van der Waals surface area contributed by atoms with Gasteiger partial charge < -0.3 is 80.6 Å². The Hall–Kier alpha value is -0.970. The van der Waals surface area contributed by atoms with Crippen LogP contribution in [0.25, 0.3) is 0 Å². The number of rotatable bonds is 9. The maximum absolute atomic E-state index is 10.5. The molecule has 0 aromatic heterocycles. The lowest BCUT2D eigenvalue weighted by atomic mass is 9.97. The van der Waals surface area contributed by atoms with Crippen LogP contribution in [0.5, 0.6) is 0 Å². The summed E-state index contributed by atoms with van der Waals surface area (Å²) in [6, 6.07) is 0. The van der Waals surface area contributed by atoms with Crippen molar-refractivity contribution in [1.29, 1.82) is 0 Å². The number of carbonyl (C=O) groups is 1. The van der Waals surface area contributed by atoms with Gasteiger partial charge in [0, 0.05) is 0 Å². The summed E-state index contributed by atoms with van der Waals surface area (Å²) in [4.78, 5) is 10.5. The molecule has 2 saturated heterocycles. The first kappa shape index (κ1) is 32.1. The highest BCUT2D eigenvalue weighted by molar-refractivity contribution is 5.84. The molecule has 35 heavy (non-hydrogen) atoms. The Kier molecular flexibility index (Phi) is 13.5. The van der Waals surface area contributed by atoms with E-state index in [0.717, 1.165) is 0 Å². The maximum Gasteiger partial charge on any atom is 0.189 e. The summed E-state index contributed by atoms with van der Waals surface area (Å²) in [5.41, 5.74) is 0. The van der Waals surface area contributed by atoms with Gasteiger partial charge in [-0.1, -0.05) is 0 Å². The van der Waals surface area contributed by atoms with Crippen molar-refractivity contribution < 1.29 is 85.4 Å². The Labute approximate surface area is 198 Å². The Bertz CT molecular complexity index is 620. The topological polar surface area (TPSA) is 308 Å². The highest BCUT2D eigenvalue weighted by atomic mass is 16.7. The Morgan fingerprint density at radius 2 is 1.31 bits per heavy atom. The Morgan fingerprint density at radius 1 is 0.743 bits per heavy atom. The van der Waals surface area contributed by atoms with Gasteiger partial charge in [-0.3, -0.25) is 4.79 Å². The van der Waals surface area contributed by atoms with Gasteiger partial charge in [-0.05, 0) is 0 Å². The third-order valence-electron chi connectivity index (χ3n) is 5.37. The Balaban J connectivity index is 0.000000434. The van der Waals surface area contributed by atoms with Crippen LogP contribution in [0.4, 0.5) is 0 Å². The monoisotopic (exact) mass is 522 g/mol. The van der Waals surface area contributed by atoms with Crippen molar-refractivity contribution in [3.63, 3.8) is 0 Å². The second kappa shape index (κ2) is 14.7. The van der Waals surface area contributed by atoms with Gasteiger partial charge in [-0.15, -0.1) is 0 Å². The van der Waals surface area contributed by atoms with Gasteiger partial charge in [0.25, 0.3) is 0 Å². The first-order valence-corrected chi connectivity index (χ1v) is 10.4. The molecule has 0 aromatic carbocycles. The molecule has 0 radical (unpaired) electrons. The number of hydrogen-bond donors (Lipinski definition) is 13. The molecule has 2 heterocycles. The van der Waals surface area contributed by atoms with Crippen molar-refractivity contribution in [2.45, 2.75) is 79.7 Å². The highest BCUT2D eigenvalue weighted by Crippen LogP contribution is 2.28. The van der Waals surface area contributed by atoms with E-state index in [-0.39, 0.29) is 0 Å². The molecule has 208 valence electrons. The smallest absolute Gasteiger partial charge is 0.189 e. The van der Waals surface area contributed by atoms with Crippen LogP contribution in [0.2, 0.25) is 0 Å². The number of hydrogen-bond acceptors (Lipinski definition) is 17. The van der Waals surface area contributed by atoms with Crippen LogP contribution in [0.15, 0.2) is 0 Å². The van der Waals surface area contributed by atoms with E-state index < -0.39 is 112 Å². The number of carbonyl (C=O) groups excluding carboxylic acids is 1. The van der Waals surface area contributed by atoms with Gasteiger partial charge in [0.15, 0.2) is 18.4 Å².